The Bertz CT molecular complexity index is 878. The van der Waals surface area contributed by atoms with Gasteiger partial charge in [0.2, 0.25) is 5.91 Å². The van der Waals surface area contributed by atoms with Crippen molar-refractivity contribution in [3.05, 3.63) is 29.7 Å². The van der Waals surface area contributed by atoms with Crippen molar-refractivity contribution < 1.29 is 19.1 Å². The van der Waals surface area contributed by atoms with Crippen LogP contribution in [-0.2, 0) is 4.79 Å². The number of aromatic nitrogens is 1. The summed E-state index contributed by atoms with van der Waals surface area (Å²) in [6.07, 6.45) is 3.74. The monoisotopic (exact) mass is 385 g/mol. The van der Waals surface area contributed by atoms with Gasteiger partial charge in [-0.05, 0) is 49.8 Å². The Morgan fingerprint density at radius 3 is 3.00 bits per heavy atom. The lowest BCUT2D eigenvalue weighted by molar-refractivity contribution is -0.140. The second-order valence-electron chi connectivity index (χ2n) is 7.84. The van der Waals surface area contributed by atoms with E-state index < -0.39 is 0 Å². The zero-order valence-corrected chi connectivity index (χ0v) is 16.3. The number of carbonyl (C=O) groups excluding carboxylic acids is 2. The third-order valence-corrected chi connectivity index (χ3v) is 5.98. The van der Waals surface area contributed by atoms with Crippen LogP contribution in [0.1, 0.15) is 48.4 Å². The number of oxazole rings is 1. The summed E-state index contributed by atoms with van der Waals surface area (Å²) in [7, 11) is 0. The van der Waals surface area contributed by atoms with Crippen molar-refractivity contribution in [3.8, 4) is 0 Å². The molecule has 4 rings (SSSR count). The molecule has 0 saturated carbocycles. The van der Waals surface area contributed by atoms with Crippen LogP contribution in [-0.4, -0.2) is 64.0 Å². The number of rotatable bonds is 5. The molecule has 28 heavy (non-hydrogen) atoms. The fourth-order valence-corrected chi connectivity index (χ4v) is 4.58. The maximum atomic E-state index is 13.0. The van der Waals surface area contributed by atoms with E-state index in [1.807, 2.05) is 21.9 Å². The number of piperidine rings is 2. The topological polar surface area (TPSA) is 86.9 Å². The van der Waals surface area contributed by atoms with Crippen LogP contribution < -0.4 is 0 Å². The molecule has 1 N–H and O–H groups in total. The summed E-state index contributed by atoms with van der Waals surface area (Å²) in [5.41, 5.74) is 2.02. The van der Waals surface area contributed by atoms with Crippen LogP contribution in [0.4, 0.5) is 0 Å². The highest BCUT2D eigenvalue weighted by Gasteiger charge is 2.40. The van der Waals surface area contributed by atoms with Crippen LogP contribution in [0.5, 0.6) is 0 Å². The Balaban J connectivity index is 1.45. The van der Waals surface area contributed by atoms with Crippen LogP contribution in [0, 0.1) is 12.8 Å². The van der Waals surface area contributed by atoms with E-state index in [0.717, 1.165) is 31.2 Å². The minimum absolute atomic E-state index is 0.0122. The maximum Gasteiger partial charge on any atom is 0.254 e. The molecule has 2 atom stereocenters. The van der Waals surface area contributed by atoms with Gasteiger partial charge >= 0.3 is 0 Å². The lowest BCUT2D eigenvalue weighted by atomic mass is 9.83. The van der Waals surface area contributed by atoms with Gasteiger partial charge in [-0.3, -0.25) is 9.59 Å². The number of aliphatic hydroxyl groups is 1. The number of benzene rings is 1. The fraction of sp³-hybridized carbons (Fsp3) is 0.571. The van der Waals surface area contributed by atoms with Crippen LogP contribution in [0.2, 0.25) is 0 Å². The molecule has 2 aliphatic rings. The molecule has 2 amide bonds. The standard InChI is InChI=1S/C21H27N3O4/c1-14-22-17-6-4-15(12-19(17)28-14)21(27)23-10-8-18-16(13-23)5-7-20(26)24(18)9-2-3-11-25/h4,6,12,16,18,25H,2-3,5,7-11,13H2,1H3/t16-,18+/m0/s1. The molecule has 1 aromatic heterocycles. The van der Waals surface area contributed by atoms with Gasteiger partial charge in [0.25, 0.3) is 5.91 Å². The molecule has 2 aliphatic heterocycles. The molecule has 3 heterocycles. The zero-order chi connectivity index (χ0) is 19.7. The molecule has 0 spiro atoms. The lowest BCUT2D eigenvalue weighted by Gasteiger charge is -2.47. The SMILES string of the molecule is Cc1nc2ccc(C(=O)N3CC[C@@H]4[C@@H](CCC(=O)N4CCCCO)C3)cc2o1. The first-order chi connectivity index (χ1) is 13.6. The van der Waals surface area contributed by atoms with Gasteiger partial charge in [-0.25, -0.2) is 4.98 Å². The third kappa shape index (κ3) is 3.63. The number of hydrogen-bond acceptors (Lipinski definition) is 5. The first-order valence-electron chi connectivity index (χ1n) is 10.1. The van der Waals surface area contributed by atoms with E-state index in [1.165, 1.54) is 0 Å². The molecule has 1 aromatic carbocycles. The first-order valence-corrected chi connectivity index (χ1v) is 10.1. The number of amides is 2. The molecule has 2 saturated heterocycles. The Kier molecular flexibility index (Phi) is 5.35. The van der Waals surface area contributed by atoms with E-state index >= 15 is 0 Å². The Labute approximate surface area is 164 Å². The molecule has 7 nitrogen and oxygen atoms in total. The predicted octanol–water partition coefficient (Wildman–Crippen LogP) is 2.36. The van der Waals surface area contributed by atoms with Gasteiger partial charge in [0, 0.05) is 51.2 Å². The molecule has 0 unspecified atom stereocenters. The number of carbonyl (C=O) groups is 2. The molecule has 0 bridgehead atoms. The van der Waals surface area contributed by atoms with E-state index in [9.17, 15) is 9.59 Å². The largest absolute Gasteiger partial charge is 0.441 e. The first kappa shape index (κ1) is 18.9. The third-order valence-electron chi connectivity index (χ3n) is 5.98. The highest BCUT2D eigenvalue weighted by atomic mass is 16.3. The number of unbranched alkanes of at least 4 members (excludes halogenated alkanes) is 1. The van der Waals surface area contributed by atoms with E-state index in [4.69, 9.17) is 9.52 Å². The maximum absolute atomic E-state index is 13.0. The fourth-order valence-electron chi connectivity index (χ4n) is 4.58. The van der Waals surface area contributed by atoms with Gasteiger partial charge in [0.15, 0.2) is 11.5 Å². The quantitative estimate of drug-likeness (QED) is 0.799. The van der Waals surface area contributed by atoms with Crippen molar-refractivity contribution >= 4 is 22.9 Å². The van der Waals surface area contributed by atoms with Crippen molar-refractivity contribution in [2.24, 2.45) is 5.92 Å². The number of aryl methyl sites for hydroxylation is 1. The van der Waals surface area contributed by atoms with E-state index in [0.29, 0.717) is 49.0 Å². The molecule has 0 radical (unpaired) electrons. The van der Waals surface area contributed by atoms with Gasteiger partial charge in [-0.15, -0.1) is 0 Å². The molecule has 2 aromatic rings. The smallest absolute Gasteiger partial charge is 0.254 e. The predicted molar refractivity (Wildman–Crippen MR) is 104 cm³/mol. The van der Waals surface area contributed by atoms with Crippen molar-refractivity contribution in [1.29, 1.82) is 0 Å². The number of likely N-dealkylation sites (tertiary alicyclic amines) is 2. The summed E-state index contributed by atoms with van der Waals surface area (Å²) in [6, 6.07) is 5.62. The molecular formula is C21H27N3O4. The molecule has 2 fully saturated rings. The number of fused-ring (bicyclic) bond motifs is 2. The van der Waals surface area contributed by atoms with E-state index in [1.54, 1.807) is 13.0 Å². The minimum Gasteiger partial charge on any atom is -0.441 e. The lowest BCUT2D eigenvalue weighted by Crippen LogP contribution is -2.57. The van der Waals surface area contributed by atoms with Crippen LogP contribution in [0.3, 0.4) is 0 Å². The van der Waals surface area contributed by atoms with Crippen LogP contribution in [0.25, 0.3) is 11.1 Å². The van der Waals surface area contributed by atoms with Crippen LogP contribution >= 0.6 is 0 Å². The number of hydrogen-bond donors (Lipinski definition) is 1. The summed E-state index contributed by atoms with van der Waals surface area (Å²) in [6.45, 7) is 3.99. The van der Waals surface area contributed by atoms with Crippen LogP contribution in [0.15, 0.2) is 22.6 Å². The van der Waals surface area contributed by atoms with Gasteiger partial charge in [0.05, 0.1) is 0 Å². The summed E-state index contributed by atoms with van der Waals surface area (Å²) in [4.78, 5) is 33.6. The average molecular weight is 385 g/mol. The summed E-state index contributed by atoms with van der Waals surface area (Å²) < 4.78 is 5.56. The van der Waals surface area contributed by atoms with Gasteiger partial charge < -0.3 is 19.3 Å². The Hall–Kier alpha value is -2.41. The molecule has 150 valence electrons. The normalized spacial score (nSPS) is 22.6. The summed E-state index contributed by atoms with van der Waals surface area (Å²) in [5, 5.41) is 9.01. The van der Waals surface area contributed by atoms with Gasteiger partial charge in [0.1, 0.15) is 5.52 Å². The second-order valence-corrected chi connectivity index (χ2v) is 7.84. The zero-order valence-electron chi connectivity index (χ0n) is 16.3. The molecule has 0 aliphatic carbocycles. The molecule has 7 heteroatoms. The van der Waals surface area contributed by atoms with Gasteiger partial charge in [-0.1, -0.05) is 0 Å². The average Bonchev–Trinajstić information content (AvgIpc) is 3.08. The second kappa shape index (κ2) is 7.91. The van der Waals surface area contributed by atoms with Crippen molar-refractivity contribution in [2.45, 2.75) is 45.1 Å². The van der Waals surface area contributed by atoms with Crippen molar-refractivity contribution in [3.63, 3.8) is 0 Å². The van der Waals surface area contributed by atoms with Gasteiger partial charge in [-0.2, -0.15) is 0 Å². The highest BCUT2D eigenvalue weighted by molar-refractivity contribution is 5.97. The van der Waals surface area contributed by atoms with Crippen molar-refractivity contribution in [2.75, 3.05) is 26.2 Å². The van der Waals surface area contributed by atoms with Crippen molar-refractivity contribution in [1.82, 2.24) is 14.8 Å². The number of aliphatic hydroxyl groups excluding tert-OH is 1. The van der Waals surface area contributed by atoms with E-state index in [2.05, 4.69) is 4.98 Å². The minimum atomic E-state index is 0.0122. The Morgan fingerprint density at radius 2 is 2.18 bits per heavy atom. The summed E-state index contributed by atoms with van der Waals surface area (Å²) in [5.74, 6) is 1.14. The molecular weight excluding hydrogens is 358 g/mol. The Morgan fingerprint density at radius 1 is 1.32 bits per heavy atom. The number of nitrogens with zero attached hydrogens (tertiary/aromatic N) is 3. The highest BCUT2D eigenvalue weighted by Crippen LogP contribution is 2.32. The summed E-state index contributed by atoms with van der Waals surface area (Å²) >= 11 is 0. The van der Waals surface area contributed by atoms with E-state index in [-0.39, 0.29) is 24.5 Å².